The van der Waals surface area contributed by atoms with Crippen molar-refractivity contribution >= 4 is 42.4 Å². The Morgan fingerprint density at radius 1 is 0.909 bits per heavy atom. The number of hydrogen-bond donors (Lipinski definition) is 0. The number of methoxy groups -OCH3 is 2. The first kappa shape index (κ1) is 22.8. The van der Waals surface area contributed by atoms with Crippen LogP contribution in [0.3, 0.4) is 0 Å². The molecule has 0 fully saturated rings. The van der Waals surface area contributed by atoms with Crippen LogP contribution in [0.5, 0.6) is 11.5 Å². The van der Waals surface area contributed by atoms with Crippen LogP contribution < -0.4 is 14.4 Å². The van der Waals surface area contributed by atoms with Crippen LogP contribution in [0, 0.1) is 0 Å². The molecule has 0 aliphatic carbocycles. The average Bonchev–Trinajstić information content (AvgIpc) is 3.28. The van der Waals surface area contributed by atoms with Gasteiger partial charge < -0.3 is 9.47 Å². The molecule has 0 unspecified atom stereocenters. The number of benzene rings is 3. The molecule has 9 heteroatoms. The molecule has 1 amide bonds. The Kier molecular flexibility index (Phi) is 6.62. The molecule has 170 valence electrons. The topological polar surface area (TPSA) is 85.8 Å². The van der Waals surface area contributed by atoms with Crippen molar-refractivity contribution in [3.8, 4) is 11.5 Å². The molecule has 0 spiro atoms. The molecule has 4 aromatic rings. The van der Waals surface area contributed by atoms with E-state index in [1.807, 2.05) is 30.3 Å². The first-order valence-electron chi connectivity index (χ1n) is 10.1. The van der Waals surface area contributed by atoms with E-state index in [9.17, 15) is 13.2 Å². The van der Waals surface area contributed by atoms with Gasteiger partial charge in [-0.15, -0.1) is 0 Å². The fourth-order valence-corrected chi connectivity index (χ4v) is 5.68. The van der Waals surface area contributed by atoms with Gasteiger partial charge in [-0.25, -0.2) is 13.4 Å². The maximum absolute atomic E-state index is 13.4. The van der Waals surface area contributed by atoms with Crippen LogP contribution >= 0.6 is 11.3 Å². The van der Waals surface area contributed by atoms with Gasteiger partial charge in [-0.1, -0.05) is 59.9 Å². The minimum absolute atomic E-state index is 0.102. The molecule has 0 N–H and O–H groups in total. The number of sulfone groups is 1. The van der Waals surface area contributed by atoms with Gasteiger partial charge in [-0.2, -0.15) is 0 Å². The van der Waals surface area contributed by atoms with Crippen molar-refractivity contribution in [1.29, 1.82) is 0 Å². The number of anilines is 1. The smallest absolute Gasteiger partial charge is 0.244 e. The highest BCUT2D eigenvalue weighted by atomic mass is 32.2. The van der Waals surface area contributed by atoms with Gasteiger partial charge >= 0.3 is 0 Å². The number of hydrogen-bond acceptors (Lipinski definition) is 7. The van der Waals surface area contributed by atoms with Gasteiger partial charge in [-0.05, 0) is 29.8 Å². The summed E-state index contributed by atoms with van der Waals surface area (Å²) < 4.78 is 37.4. The average molecular weight is 483 g/mol. The summed E-state index contributed by atoms with van der Waals surface area (Å²) in [6.07, 6.45) is 0. The highest BCUT2D eigenvalue weighted by Crippen LogP contribution is 2.40. The number of fused-ring (bicyclic) bond motifs is 1. The lowest BCUT2D eigenvalue weighted by molar-refractivity contribution is -0.116. The van der Waals surface area contributed by atoms with E-state index in [0.29, 0.717) is 26.8 Å². The van der Waals surface area contributed by atoms with Crippen molar-refractivity contribution in [3.05, 3.63) is 78.4 Å². The normalized spacial score (nSPS) is 11.3. The summed E-state index contributed by atoms with van der Waals surface area (Å²) in [5, 5.41) is 0.366. The number of aromatic nitrogens is 1. The number of rotatable bonds is 8. The van der Waals surface area contributed by atoms with E-state index < -0.39 is 21.5 Å². The van der Waals surface area contributed by atoms with Crippen molar-refractivity contribution in [2.75, 3.05) is 24.9 Å². The lowest BCUT2D eigenvalue weighted by Gasteiger charge is -2.20. The Labute approximate surface area is 196 Å². The van der Waals surface area contributed by atoms with Crippen LogP contribution in [0.25, 0.3) is 10.2 Å². The second kappa shape index (κ2) is 9.60. The van der Waals surface area contributed by atoms with Gasteiger partial charge in [0.05, 0.1) is 25.7 Å². The predicted octanol–water partition coefficient (Wildman–Crippen LogP) is 4.32. The van der Waals surface area contributed by atoms with Crippen molar-refractivity contribution in [3.63, 3.8) is 0 Å². The molecule has 0 bridgehead atoms. The number of carbonyl (C=O) groups is 1. The van der Waals surface area contributed by atoms with Gasteiger partial charge in [0.25, 0.3) is 0 Å². The van der Waals surface area contributed by atoms with Gasteiger partial charge in [0.2, 0.25) is 5.91 Å². The Hall–Kier alpha value is -3.43. The molecule has 0 atom stereocenters. The summed E-state index contributed by atoms with van der Waals surface area (Å²) in [7, 11) is -0.727. The van der Waals surface area contributed by atoms with Crippen LogP contribution in [0.4, 0.5) is 5.13 Å². The van der Waals surface area contributed by atoms with Gasteiger partial charge in [-0.3, -0.25) is 9.69 Å². The van der Waals surface area contributed by atoms with Crippen LogP contribution in [0.1, 0.15) is 5.56 Å². The molecule has 1 aromatic heterocycles. The zero-order chi connectivity index (χ0) is 23.4. The van der Waals surface area contributed by atoms with E-state index in [1.165, 1.54) is 28.4 Å². The number of thiazole rings is 1. The molecule has 0 aliphatic heterocycles. The van der Waals surface area contributed by atoms with E-state index in [4.69, 9.17) is 9.47 Å². The lowest BCUT2D eigenvalue weighted by Crippen LogP contribution is -2.35. The standard InChI is InChI=1S/C24H22N2O5S2/c1-30-19-13-14-20(31-2)23-22(19)25-24(32-23)26(15-17-9-5-3-6-10-17)21(27)16-33(28,29)18-11-7-4-8-12-18/h3-14H,15-16H2,1-2H3. The van der Waals surface area contributed by atoms with Crippen molar-refractivity contribution in [2.45, 2.75) is 11.4 Å². The molecular formula is C24H22N2O5S2. The maximum atomic E-state index is 13.4. The number of carbonyl (C=O) groups excluding carboxylic acids is 1. The first-order valence-corrected chi connectivity index (χ1v) is 12.5. The first-order chi connectivity index (χ1) is 15.9. The quantitative estimate of drug-likeness (QED) is 0.372. The molecule has 33 heavy (non-hydrogen) atoms. The molecule has 4 rings (SSSR count). The summed E-state index contributed by atoms with van der Waals surface area (Å²) in [6, 6.07) is 20.8. The number of amides is 1. The second-order valence-corrected chi connectivity index (χ2v) is 10.1. The minimum atomic E-state index is -3.82. The van der Waals surface area contributed by atoms with Crippen molar-refractivity contribution in [1.82, 2.24) is 4.98 Å². The van der Waals surface area contributed by atoms with Gasteiger partial charge in [0.15, 0.2) is 15.0 Å². The summed E-state index contributed by atoms with van der Waals surface area (Å²) in [5.74, 6) is -0.107. The highest BCUT2D eigenvalue weighted by Gasteiger charge is 2.27. The molecule has 0 radical (unpaired) electrons. The second-order valence-electron chi connectivity index (χ2n) is 7.18. The van der Waals surface area contributed by atoms with E-state index in [-0.39, 0.29) is 11.4 Å². The molecule has 0 saturated heterocycles. The van der Waals surface area contributed by atoms with Crippen LogP contribution in [-0.2, 0) is 21.2 Å². The van der Waals surface area contributed by atoms with E-state index in [0.717, 1.165) is 5.56 Å². The van der Waals surface area contributed by atoms with Crippen molar-refractivity contribution < 1.29 is 22.7 Å². The predicted molar refractivity (Wildman–Crippen MR) is 129 cm³/mol. The third-order valence-electron chi connectivity index (χ3n) is 5.03. The maximum Gasteiger partial charge on any atom is 0.244 e. The molecule has 0 aliphatic rings. The SMILES string of the molecule is COc1ccc(OC)c2sc(N(Cc3ccccc3)C(=O)CS(=O)(=O)c3ccccc3)nc12. The third-order valence-corrected chi connectivity index (χ3v) is 7.74. The number of ether oxygens (including phenoxy) is 2. The summed E-state index contributed by atoms with van der Waals surface area (Å²) in [5.41, 5.74) is 1.40. The van der Waals surface area contributed by atoms with Gasteiger partial charge in [0.1, 0.15) is 27.5 Å². The van der Waals surface area contributed by atoms with Crippen LogP contribution in [0.15, 0.2) is 77.7 Å². The number of nitrogens with zero attached hydrogens (tertiary/aromatic N) is 2. The summed E-state index contributed by atoms with van der Waals surface area (Å²) in [6.45, 7) is 0.175. The Morgan fingerprint density at radius 3 is 2.15 bits per heavy atom. The lowest BCUT2D eigenvalue weighted by atomic mass is 10.2. The monoisotopic (exact) mass is 482 g/mol. The molecule has 7 nitrogen and oxygen atoms in total. The summed E-state index contributed by atoms with van der Waals surface area (Å²) >= 11 is 1.25. The molecular weight excluding hydrogens is 460 g/mol. The Balaban J connectivity index is 1.76. The minimum Gasteiger partial charge on any atom is -0.495 e. The Morgan fingerprint density at radius 2 is 1.52 bits per heavy atom. The Bertz CT molecular complexity index is 1330. The van der Waals surface area contributed by atoms with E-state index in [1.54, 1.807) is 44.6 Å². The van der Waals surface area contributed by atoms with Crippen LogP contribution in [0.2, 0.25) is 0 Å². The zero-order valence-corrected chi connectivity index (χ0v) is 19.7. The fourth-order valence-electron chi connectivity index (χ4n) is 3.37. The van der Waals surface area contributed by atoms with E-state index >= 15 is 0 Å². The van der Waals surface area contributed by atoms with Gasteiger partial charge in [0, 0.05) is 0 Å². The van der Waals surface area contributed by atoms with Crippen LogP contribution in [-0.4, -0.2) is 39.3 Å². The zero-order valence-electron chi connectivity index (χ0n) is 18.1. The molecule has 1 heterocycles. The van der Waals surface area contributed by atoms with Crippen molar-refractivity contribution in [2.24, 2.45) is 0 Å². The molecule has 0 saturated carbocycles. The summed E-state index contributed by atoms with van der Waals surface area (Å²) in [4.78, 5) is 19.5. The molecule has 3 aromatic carbocycles. The van der Waals surface area contributed by atoms with E-state index in [2.05, 4.69) is 4.98 Å². The largest absolute Gasteiger partial charge is 0.495 e. The third kappa shape index (κ3) is 4.84. The highest BCUT2D eigenvalue weighted by molar-refractivity contribution is 7.92. The fraction of sp³-hybridized carbons (Fsp3) is 0.167.